The van der Waals surface area contributed by atoms with Crippen LogP contribution in [-0.2, 0) is 0 Å². The number of halogens is 1. The number of aliphatic imine (C=N–C) groups is 1. The molecule has 5 heteroatoms. The minimum absolute atomic E-state index is 0. The van der Waals surface area contributed by atoms with Crippen LogP contribution in [0.3, 0.4) is 0 Å². The standard InChI is InChI=1S/C17H26N4.HI/c1-13-4-6-14(7-5-13)16(21-10-2-3-11-21)12-19-17(18)20-15-8-9-15;/h4-7,15-16H,2-3,8-12H2,1H3,(H3,18,19,20);1H. The molecule has 0 radical (unpaired) electrons. The van der Waals surface area contributed by atoms with Gasteiger partial charge in [0.25, 0.3) is 0 Å². The second-order valence-electron chi connectivity index (χ2n) is 6.31. The summed E-state index contributed by atoms with van der Waals surface area (Å²) in [5.74, 6) is 0.605. The third kappa shape index (κ3) is 4.84. The zero-order valence-corrected chi connectivity index (χ0v) is 15.6. The Labute approximate surface area is 150 Å². The summed E-state index contributed by atoms with van der Waals surface area (Å²) in [6.45, 7) is 5.22. The number of nitrogens with zero attached hydrogens (tertiary/aromatic N) is 2. The lowest BCUT2D eigenvalue weighted by atomic mass is 10.0. The summed E-state index contributed by atoms with van der Waals surface area (Å²) in [4.78, 5) is 7.13. The van der Waals surface area contributed by atoms with E-state index < -0.39 is 0 Å². The molecule has 2 aliphatic rings. The van der Waals surface area contributed by atoms with Crippen LogP contribution in [0, 0.1) is 6.92 Å². The van der Waals surface area contributed by atoms with E-state index >= 15 is 0 Å². The fourth-order valence-corrected chi connectivity index (χ4v) is 2.94. The van der Waals surface area contributed by atoms with E-state index in [9.17, 15) is 0 Å². The highest BCUT2D eigenvalue weighted by Crippen LogP contribution is 2.26. The van der Waals surface area contributed by atoms with Crippen LogP contribution in [0.25, 0.3) is 0 Å². The number of rotatable bonds is 5. The van der Waals surface area contributed by atoms with Crippen LogP contribution in [0.4, 0.5) is 0 Å². The SMILES string of the molecule is Cc1ccc(C(CN=C(N)NC2CC2)N2CCCC2)cc1.I. The zero-order chi connectivity index (χ0) is 14.7. The molecule has 1 atom stereocenters. The van der Waals surface area contributed by atoms with E-state index in [-0.39, 0.29) is 24.0 Å². The van der Waals surface area contributed by atoms with Gasteiger partial charge in [-0.1, -0.05) is 29.8 Å². The van der Waals surface area contributed by atoms with E-state index in [0.717, 1.165) is 6.54 Å². The van der Waals surface area contributed by atoms with Gasteiger partial charge in [0.05, 0.1) is 12.6 Å². The molecule has 1 aromatic carbocycles. The lowest BCUT2D eigenvalue weighted by molar-refractivity contribution is 0.251. The molecule has 0 amide bonds. The highest BCUT2D eigenvalue weighted by atomic mass is 127. The molecule has 122 valence electrons. The Hall–Kier alpha value is -0.820. The Morgan fingerprint density at radius 1 is 1.27 bits per heavy atom. The van der Waals surface area contributed by atoms with Gasteiger partial charge in [0.1, 0.15) is 0 Å². The van der Waals surface area contributed by atoms with Gasteiger partial charge in [0.15, 0.2) is 5.96 Å². The van der Waals surface area contributed by atoms with Crippen molar-refractivity contribution < 1.29 is 0 Å². The molecule has 0 aromatic heterocycles. The number of nitrogens with one attached hydrogen (secondary N) is 1. The van der Waals surface area contributed by atoms with E-state index in [0.29, 0.717) is 18.0 Å². The van der Waals surface area contributed by atoms with Crippen LogP contribution >= 0.6 is 24.0 Å². The fourth-order valence-electron chi connectivity index (χ4n) is 2.94. The van der Waals surface area contributed by atoms with Crippen LogP contribution < -0.4 is 11.1 Å². The van der Waals surface area contributed by atoms with Gasteiger partial charge in [-0.3, -0.25) is 9.89 Å². The average molecular weight is 414 g/mol. The lowest BCUT2D eigenvalue weighted by Gasteiger charge is -2.26. The molecule has 1 aliphatic carbocycles. The molecule has 1 saturated carbocycles. The van der Waals surface area contributed by atoms with Crippen molar-refractivity contribution in [2.24, 2.45) is 10.7 Å². The van der Waals surface area contributed by atoms with Crippen molar-refractivity contribution in [3.05, 3.63) is 35.4 Å². The molecule has 0 spiro atoms. The lowest BCUT2D eigenvalue weighted by Crippen LogP contribution is -2.35. The third-order valence-electron chi connectivity index (χ3n) is 4.41. The van der Waals surface area contributed by atoms with E-state index in [2.05, 4.69) is 46.4 Å². The fraction of sp³-hybridized carbons (Fsp3) is 0.588. The summed E-state index contributed by atoms with van der Waals surface area (Å²) >= 11 is 0. The first kappa shape index (κ1) is 17.5. The molecular weight excluding hydrogens is 387 g/mol. The molecule has 22 heavy (non-hydrogen) atoms. The van der Waals surface area contributed by atoms with E-state index in [1.807, 2.05) is 0 Å². The van der Waals surface area contributed by atoms with Crippen molar-refractivity contribution in [1.82, 2.24) is 10.2 Å². The Bertz CT molecular complexity index is 490. The third-order valence-corrected chi connectivity index (χ3v) is 4.41. The number of likely N-dealkylation sites (tertiary alicyclic amines) is 1. The van der Waals surface area contributed by atoms with Crippen LogP contribution in [0.5, 0.6) is 0 Å². The highest BCUT2D eigenvalue weighted by Gasteiger charge is 2.24. The van der Waals surface area contributed by atoms with Gasteiger partial charge in [0.2, 0.25) is 0 Å². The predicted molar refractivity (Wildman–Crippen MR) is 103 cm³/mol. The first-order valence-electron chi connectivity index (χ1n) is 8.09. The summed E-state index contributed by atoms with van der Waals surface area (Å²) in [5, 5.41) is 3.27. The van der Waals surface area contributed by atoms with Crippen molar-refractivity contribution in [3.8, 4) is 0 Å². The number of hydrogen-bond donors (Lipinski definition) is 2. The minimum atomic E-state index is 0. The number of nitrogens with two attached hydrogens (primary N) is 1. The van der Waals surface area contributed by atoms with Gasteiger partial charge in [-0.15, -0.1) is 24.0 Å². The van der Waals surface area contributed by atoms with Crippen molar-refractivity contribution in [2.75, 3.05) is 19.6 Å². The molecular formula is C17H27IN4. The van der Waals surface area contributed by atoms with E-state index in [1.165, 1.54) is 49.9 Å². The van der Waals surface area contributed by atoms with Gasteiger partial charge in [0, 0.05) is 6.04 Å². The molecule has 3 N–H and O–H groups in total. The Balaban J connectivity index is 0.00000176. The van der Waals surface area contributed by atoms with Crippen LogP contribution in [0.15, 0.2) is 29.3 Å². The van der Waals surface area contributed by atoms with Crippen LogP contribution in [0.2, 0.25) is 0 Å². The highest BCUT2D eigenvalue weighted by molar-refractivity contribution is 14.0. The molecule has 1 heterocycles. The van der Waals surface area contributed by atoms with Gasteiger partial charge in [-0.2, -0.15) is 0 Å². The molecule has 1 aliphatic heterocycles. The minimum Gasteiger partial charge on any atom is -0.370 e. The second kappa shape index (κ2) is 8.15. The van der Waals surface area contributed by atoms with Crippen molar-refractivity contribution in [3.63, 3.8) is 0 Å². The number of aryl methyl sites for hydroxylation is 1. The topological polar surface area (TPSA) is 53.6 Å². The normalized spacial score (nSPS) is 20.5. The molecule has 2 fully saturated rings. The smallest absolute Gasteiger partial charge is 0.188 e. The molecule has 4 nitrogen and oxygen atoms in total. The van der Waals surface area contributed by atoms with Crippen molar-refractivity contribution in [1.29, 1.82) is 0 Å². The van der Waals surface area contributed by atoms with E-state index in [4.69, 9.17) is 5.73 Å². The van der Waals surface area contributed by atoms with Crippen molar-refractivity contribution >= 4 is 29.9 Å². The van der Waals surface area contributed by atoms with Crippen molar-refractivity contribution in [2.45, 2.75) is 44.7 Å². The monoisotopic (exact) mass is 414 g/mol. The maximum atomic E-state index is 5.98. The predicted octanol–water partition coefficient (Wildman–Crippen LogP) is 2.82. The number of guanidine groups is 1. The molecule has 1 unspecified atom stereocenters. The molecule has 1 saturated heterocycles. The van der Waals surface area contributed by atoms with Gasteiger partial charge in [-0.05, 0) is 51.3 Å². The summed E-state index contributed by atoms with van der Waals surface area (Å²) in [7, 11) is 0. The largest absolute Gasteiger partial charge is 0.370 e. The first-order valence-corrected chi connectivity index (χ1v) is 8.09. The Morgan fingerprint density at radius 2 is 1.91 bits per heavy atom. The summed E-state index contributed by atoms with van der Waals surface area (Å²) in [6.07, 6.45) is 5.04. The second-order valence-corrected chi connectivity index (χ2v) is 6.31. The molecule has 0 bridgehead atoms. The zero-order valence-electron chi connectivity index (χ0n) is 13.3. The van der Waals surface area contributed by atoms with Crippen LogP contribution in [0.1, 0.15) is 42.9 Å². The van der Waals surface area contributed by atoms with Gasteiger partial charge in [-0.25, -0.2) is 0 Å². The van der Waals surface area contributed by atoms with E-state index in [1.54, 1.807) is 0 Å². The average Bonchev–Trinajstić information content (AvgIpc) is 3.12. The number of benzene rings is 1. The Morgan fingerprint density at radius 3 is 2.50 bits per heavy atom. The van der Waals surface area contributed by atoms with Gasteiger partial charge < -0.3 is 11.1 Å². The molecule has 1 aromatic rings. The first-order chi connectivity index (χ1) is 10.2. The van der Waals surface area contributed by atoms with Crippen LogP contribution in [-0.4, -0.2) is 36.5 Å². The van der Waals surface area contributed by atoms with Gasteiger partial charge >= 0.3 is 0 Å². The summed E-state index contributed by atoms with van der Waals surface area (Å²) in [6, 6.07) is 9.77. The maximum Gasteiger partial charge on any atom is 0.188 e. The molecule has 3 rings (SSSR count). The maximum absolute atomic E-state index is 5.98. The Kier molecular flexibility index (Phi) is 6.50. The summed E-state index contributed by atoms with van der Waals surface area (Å²) in [5.41, 5.74) is 8.64. The number of hydrogen-bond acceptors (Lipinski definition) is 2. The summed E-state index contributed by atoms with van der Waals surface area (Å²) < 4.78 is 0. The quantitative estimate of drug-likeness (QED) is 0.443.